The lowest BCUT2D eigenvalue weighted by atomic mass is 9.97. The summed E-state index contributed by atoms with van der Waals surface area (Å²) in [6.45, 7) is 4.92. The molecule has 0 bridgehead atoms. The third-order valence-corrected chi connectivity index (χ3v) is 5.44. The van der Waals surface area contributed by atoms with Gasteiger partial charge in [0.15, 0.2) is 6.10 Å². The van der Waals surface area contributed by atoms with Crippen molar-refractivity contribution in [2.24, 2.45) is 10.1 Å². The molecule has 0 fully saturated rings. The van der Waals surface area contributed by atoms with Gasteiger partial charge in [-0.05, 0) is 55.3 Å². The first-order valence-electron chi connectivity index (χ1n) is 8.61. The van der Waals surface area contributed by atoms with Crippen LogP contribution in [0.2, 0.25) is 5.02 Å². The lowest BCUT2D eigenvalue weighted by molar-refractivity contribution is 0.0853. The number of aliphatic imine (C=N–C) groups is 1. The summed E-state index contributed by atoms with van der Waals surface area (Å²) in [7, 11) is 1.96. The number of rotatable bonds is 5. The molecule has 0 amide bonds. The fraction of sp³-hybridized carbons (Fsp3) is 0.300. The van der Waals surface area contributed by atoms with Gasteiger partial charge in [-0.15, -0.1) is 0 Å². The number of oxime groups is 1. The molecular weight excluding hydrogens is 433 g/mol. The second-order valence-corrected chi connectivity index (χ2v) is 7.70. The van der Waals surface area contributed by atoms with Gasteiger partial charge in [0.05, 0.1) is 22.8 Å². The lowest BCUT2D eigenvalue weighted by Gasteiger charge is -2.14. The summed E-state index contributed by atoms with van der Waals surface area (Å²) in [6, 6.07) is 8.38. The first-order chi connectivity index (χ1) is 12.9. The Kier molecular flexibility index (Phi) is 6.17. The Bertz CT molecular complexity index is 916. The zero-order valence-electron chi connectivity index (χ0n) is 15.3. The second kappa shape index (κ2) is 8.40. The largest absolute Gasteiger partial charge is 0.387 e. The highest BCUT2D eigenvalue weighted by atomic mass is 79.9. The molecule has 0 spiro atoms. The number of hydrogen-bond acceptors (Lipinski definition) is 3. The van der Waals surface area contributed by atoms with Crippen molar-refractivity contribution in [3.05, 3.63) is 62.3 Å². The summed E-state index contributed by atoms with van der Waals surface area (Å²) in [6.07, 6.45) is 2.12. The highest BCUT2D eigenvalue weighted by Crippen LogP contribution is 2.37. The van der Waals surface area contributed by atoms with Gasteiger partial charge in [0, 0.05) is 30.0 Å². The van der Waals surface area contributed by atoms with Gasteiger partial charge in [-0.2, -0.15) is 0 Å². The maximum absolute atomic E-state index is 13.3. The summed E-state index contributed by atoms with van der Waals surface area (Å²) in [5.74, 6) is -0.297. The van der Waals surface area contributed by atoms with E-state index in [9.17, 15) is 4.39 Å². The van der Waals surface area contributed by atoms with Crippen molar-refractivity contribution >= 4 is 45.3 Å². The molecule has 2 aromatic rings. The molecule has 0 N–H and O–H groups in total. The topological polar surface area (TPSA) is 37.2 Å². The van der Waals surface area contributed by atoms with Gasteiger partial charge in [-0.3, -0.25) is 0 Å². The Balaban J connectivity index is 1.80. The van der Waals surface area contributed by atoms with E-state index < -0.39 is 0 Å². The molecule has 0 aliphatic carbocycles. The highest BCUT2D eigenvalue weighted by Gasteiger charge is 2.27. The molecule has 0 aromatic heterocycles. The van der Waals surface area contributed by atoms with Crippen LogP contribution in [0, 0.1) is 12.7 Å². The van der Waals surface area contributed by atoms with E-state index in [0.29, 0.717) is 15.9 Å². The minimum Gasteiger partial charge on any atom is -0.387 e. The average Bonchev–Trinajstić information content (AvgIpc) is 3.11. The molecule has 3 rings (SSSR count). The van der Waals surface area contributed by atoms with Crippen LogP contribution in [0.5, 0.6) is 0 Å². The number of hydrogen-bond donors (Lipinski definition) is 0. The fourth-order valence-electron chi connectivity index (χ4n) is 2.80. The van der Waals surface area contributed by atoms with Crippen molar-refractivity contribution < 1.29 is 9.23 Å². The molecule has 7 heteroatoms. The van der Waals surface area contributed by atoms with Crippen molar-refractivity contribution in [2.75, 3.05) is 13.6 Å². The van der Waals surface area contributed by atoms with E-state index in [0.717, 1.165) is 34.6 Å². The van der Waals surface area contributed by atoms with Crippen LogP contribution in [0.1, 0.15) is 36.1 Å². The van der Waals surface area contributed by atoms with Gasteiger partial charge in [-0.1, -0.05) is 32.7 Å². The molecule has 1 atom stereocenters. The van der Waals surface area contributed by atoms with Crippen LogP contribution in [0.4, 0.5) is 10.1 Å². The van der Waals surface area contributed by atoms with E-state index in [2.05, 4.69) is 33.0 Å². The minimum atomic E-state index is -0.297. The van der Waals surface area contributed by atoms with Crippen LogP contribution in [0.15, 0.2) is 45.0 Å². The summed E-state index contributed by atoms with van der Waals surface area (Å²) in [5, 5.41) is 4.77. The van der Waals surface area contributed by atoms with Gasteiger partial charge in [0.1, 0.15) is 5.82 Å². The third-order valence-electron chi connectivity index (χ3n) is 4.49. The van der Waals surface area contributed by atoms with Gasteiger partial charge in [0.2, 0.25) is 0 Å². The Morgan fingerprint density at radius 3 is 2.89 bits per heavy atom. The zero-order chi connectivity index (χ0) is 19.6. The second-order valence-electron chi connectivity index (χ2n) is 6.44. The first-order valence-corrected chi connectivity index (χ1v) is 9.78. The molecule has 0 radical (unpaired) electrons. The van der Waals surface area contributed by atoms with E-state index in [1.165, 1.54) is 12.1 Å². The van der Waals surface area contributed by atoms with Crippen LogP contribution < -0.4 is 0 Å². The lowest BCUT2D eigenvalue weighted by Crippen LogP contribution is -2.14. The molecule has 1 aliphatic rings. The maximum Gasteiger partial charge on any atom is 0.158 e. The fourth-order valence-corrected chi connectivity index (χ4v) is 3.60. The summed E-state index contributed by atoms with van der Waals surface area (Å²) < 4.78 is 14.0. The standard InChI is InChI=1S/C20H20BrClFN3O/c1-4-26(3)11-24-19-7-12(2)15(9-17(19)22)20-10-18(25-27-20)14-6-5-13(23)8-16(14)21/h5-9,11,20H,4,10H2,1-3H3/b24-11-. The monoisotopic (exact) mass is 451 g/mol. The van der Waals surface area contributed by atoms with Gasteiger partial charge in [0.25, 0.3) is 0 Å². The summed E-state index contributed by atoms with van der Waals surface area (Å²) >= 11 is 9.81. The maximum atomic E-state index is 13.3. The van der Waals surface area contributed by atoms with Crippen molar-refractivity contribution in [1.29, 1.82) is 0 Å². The highest BCUT2D eigenvalue weighted by molar-refractivity contribution is 9.10. The van der Waals surface area contributed by atoms with Gasteiger partial charge in [-0.25, -0.2) is 9.38 Å². The minimum absolute atomic E-state index is 0.231. The van der Waals surface area contributed by atoms with Crippen molar-refractivity contribution in [3.8, 4) is 0 Å². The van der Waals surface area contributed by atoms with Crippen molar-refractivity contribution in [3.63, 3.8) is 0 Å². The summed E-state index contributed by atoms with van der Waals surface area (Å²) in [5.41, 5.74) is 4.32. The van der Waals surface area contributed by atoms with Crippen LogP contribution >= 0.6 is 27.5 Å². The summed E-state index contributed by atoms with van der Waals surface area (Å²) in [4.78, 5) is 12.1. The van der Waals surface area contributed by atoms with Crippen LogP contribution in [-0.2, 0) is 4.84 Å². The Hall–Kier alpha value is -1.92. The number of benzene rings is 2. The van der Waals surface area contributed by atoms with Crippen LogP contribution in [0.25, 0.3) is 0 Å². The first kappa shape index (κ1) is 19.8. The Morgan fingerprint density at radius 2 is 2.19 bits per heavy atom. The predicted molar refractivity (Wildman–Crippen MR) is 112 cm³/mol. The predicted octanol–water partition coefficient (Wildman–Crippen LogP) is 6.03. The van der Waals surface area contributed by atoms with E-state index >= 15 is 0 Å². The molecular formula is C20H20BrClFN3O. The van der Waals surface area contributed by atoms with Gasteiger partial charge < -0.3 is 9.74 Å². The molecule has 2 aromatic carbocycles. The molecule has 142 valence electrons. The molecule has 1 aliphatic heterocycles. The normalized spacial score (nSPS) is 16.5. The molecule has 4 nitrogen and oxygen atoms in total. The zero-order valence-corrected chi connectivity index (χ0v) is 17.7. The Morgan fingerprint density at radius 1 is 1.41 bits per heavy atom. The quantitative estimate of drug-likeness (QED) is 0.410. The number of aryl methyl sites for hydroxylation is 1. The number of nitrogens with zero attached hydrogens (tertiary/aromatic N) is 3. The molecule has 0 saturated carbocycles. The van der Waals surface area contributed by atoms with E-state index in [1.807, 2.05) is 31.0 Å². The molecule has 1 unspecified atom stereocenters. The van der Waals surface area contributed by atoms with E-state index in [-0.39, 0.29) is 11.9 Å². The Labute approximate surface area is 171 Å². The SMILES string of the molecule is CCN(C)/C=N\c1cc(C)c(C2CC(c3ccc(F)cc3Br)=NO2)cc1Cl. The molecule has 1 heterocycles. The van der Waals surface area contributed by atoms with E-state index in [4.69, 9.17) is 16.4 Å². The van der Waals surface area contributed by atoms with Crippen LogP contribution in [0.3, 0.4) is 0 Å². The van der Waals surface area contributed by atoms with Crippen LogP contribution in [-0.4, -0.2) is 30.5 Å². The smallest absolute Gasteiger partial charge is 0.158 e. The molecule has 27 heavy (non-hydrogen) atoms. The van der Waals surface area contributed by atoms with Crippen molar-refractivity contribution in [1.82, 2.24) is 4.90 Å². The van der Waals surface area contributed by atoms with Crippen molar-refractivity contribution in [2.45, 2.75) is 26.4 Å². The average molecular weight is 453 g/mol. The third kappa shape index (κ3) is 4.50. The van der Waals surface area contributed by atoms with Gasteiger partial charge >= 0.3 is 0 Å². The molecule has 0 saturated heterocycles. The van der Waals surface area contributed by atoms with E-state index in [1.54, 1.807) is 12.4 Å². The number of halogens is 3.